The second-order valence-corrected chi connectivity index (χ2v) is 4.87. The van der Waals surface area contributed by atoms with Crippen molar-refractivity contribution in [2.75, 3.05) is 0 Å². The molecule has 0 bridgehead atoms. The molecule has 92 valence electrons. The predicted octanol–water partition coefficient (Wildman–Crippen LogP) is 3.70. The van der Waals surface area contributed by atoms with E-state index >= 15 is 0 Å². The molecule has 0 aromatic carbocycles. The quantitative estimate of drug-likeness (QED) is 0.713. The molecular weight excluding hydrogens is 198 g/mol. The van der Waals surface area contributed by atoms with Crippen LogP contribution in [0.5, 0.6) is 0 Å². The maximum atomic E-state index is 10.9. The van der Waals surface area contributed by atoms with Crippen LogP contribution >= 0.6 is 0 Å². The Morgan fingerprint density at radius 1 is 1.00 bits per heavy atom. The zero-order valence-electron chi connectivity index (χ0n) is 10.3. The lowest BCUT2D eigenvalue weighted by Crippen LogP contribution is -2.11. The Kier molecular flexibility index (Phi) is 6.95. The Bertz CT molecular complexity index is 233. The second kappa shape index (κ2) is 8.37. The van der Waals surface area contributed by atoms with Gasteiger partial charge in [-0.1, -0.05) is 50.2 Å². The number of rotatable bonds is 2. The number of carbonyl (C=O) groups excluding carboxylic acids is 1. The molecule has 0 heterocycles. The normalized spacial score (nSPS) is 23.6. The molecule has 16 heavy (non-hydrogen) atoms. The third-order valence-corrected chi connectivity index (χ3v) is 3.29. The number of carbonyl (C=O) groups is 1. The maximum absolute atomic E-state index is 10.9. The number of allylic oxidation sites excluding steroid dienone is 1. The van der Waals surface area contributed by atoms with Crippen molar-refractivity contribution in [2.24, 2.45) is 5.73 Å². The highest BCUT2D eigenvalue weighted by Crippen LogP contribution is 2.18. The molecule has 0 unspecified atom stereocenters. The van der Waals surface area contributed by atoms with Crippen LogP contribution in [-0.2, 0) is 4.79 Å². The largest absolute Gasteiger partial charge is 0.369 e. The van der Waals surface area contributed by atoms with Gasteiger partial charge in [0.05, 0.1) is 0 Å². The van der Waals surface area contributed by atoms with Gasteiger partial charge in [0.15, 0.2) is 0 Å². The van der Waals surface area contributed by atoms with E-state index in [1.165, 1.54) is 56.9 Å². The predicted molar refractivity (Wildman–Crippen MR) is 68.1 cm³/mol. The van der Waals surface area contributed by atoms with E-state index in [-0.39, 0.29) is 5.91 Å². The third-order valence-electron chi connectivity index (χ3n) is 3.29. The topological polar surface area (TPSA) is 43.1 Å². The molecule has 0 aliphatic heterocycles. The van der Waals surface area contributed by atoms with Gasteiger partial charge < -0.3 is 5.73 Å². The highest BCUT2D eigenvalue weighted by Gasteiger charge is 2.03. The average molecular weight is 223 g/mol. The molecule has 0 spiro atoms. The van der Waals surface area contributed by atoms with Crippen molar-refractivity contribution in [3.63, 3.8) is 0 Å². The molecule has 0 radical (unpaired) electrons. The Hall–Kier alpha value is -0.790. The highest BCUT2D eigenvalue weighted by atomic mass is 16.1. The molecule has 0 aromatic rings. The van der Waals surface area contributed by atoms with Crippen LogP contribution in [0.2, 0.25) is 0 Å². The third kappa shape index (κ3) is 6.65. The van der Waals surface area contributed by atoms with Crippen molar-refractivity contribution in [2.45, 2.75) is 70.6 Å². The van der Waals surface area contributed by atoms with E-state index in [0.29, 0.717) is 6.42 Å². The van der Waals surface area contributed by atoms with Gasteiger partial charge in [-0.3, -0.25) is 4.79 Å². The van der Waals surface area contributed by atoms with Gasteiger partial charge in [-0.2, -0.15) is 0 Å². The number of hydrogen-bond acceptors (Lipinski definition) is 1. The van der Waals surface area contributed by atoms with E-state index in [1.54, 1.807) is 0 Å². The van der Waals surface area contributed by atoms with Gasteiger partial charge in [0.1, 0.15) is 0 Å². The Morgan fingerprint density at radius 3 is 2.19 bits per heavy atom. The molecule has 1 rings (SSSR count). The first-order valence-corrected chi connectivity index (χ1v) is 6.75. The lowest BCUT2D eigenvalue weighted by Gasteiger charge is -2.08. The minimum atomic E-state index is -0.182. The SMILES string of the molecule is NC(=O)C/C1=C/CCCCCCCCCC1. The van der Waals surface area contributed by atoms with Crippen LogP contribution in [0.1, 0.15) is 70.6 Å². The molecule has 1 aliphatic carbocycles. The molecular formula is C14H25NO. The minimum Gasteiger partial charge on any atom is -0.369 e. The summed E-state index contributed by atoms with van der Waals surface area (Å²) in [6.07, 6.45) is 15.6. The van der Waals surface area contributed by atoms with E-state index in [2.05, 4.69) is 6.08 Å². The van der Waals surface area contributed by atoms with E-state index in [9.17, 15) is 4.79 Å². The summed E-state index contributed by atoms with van der Waals surface area (Å²) in [4.78, 5) is 10.9. The number of hydrogen-bond donors (Lipinski definition) is 1. The van der Waals surface area contributed by atoms with Crippen molar-refractivity contribution in [1.82, 2.24) is 0 Å². The fourth-order valence-corrected chi connectivity index (χ4v) is 2.35. The lowest BCUT2D eigenvalue weighted by atomic mass is 9.99. The molecule has 1 amide bonds. The Balaban J connectivity index is 2.40. The van der Waals surface area contributed by atoms with E-state index < -0.39 is 0 Å². The second-order valence-electron chi connectivity index (χ2n) is 4.87. The van der Waals surface area contributed by atoms with Gasteiger partial charge in [0, 0.05) is 6.42 Å². The van der Waals surface area contributed by atoms with Gasteiger partial charge in [-0.05, 0) is 25.7 Å². The smallest absolute Gasteiger partial charge is 0.221 e. The Labute approximate surface area is 99.3 Å². The van der Waals surface area contributed by atoms with Gasteiger partial charge in [0.25, 0.3) is 0 Å². The molecule has 0 saturated heterocycles. The molecule has 2 nitrogen and oxygen atoms in total. The summed E-state index contributed by atoms with van der Waals surface area (Å²) < 4.78 is 0. The molecule has 2 heteroatoms. The fraction of sp³-hybridized carbons (Fsp3) is 0.786. The van der Waals surface area contributed by atoms with Gasteiger partial charge in [-0.25, -0.2) is 0 Å². The first-order chi connectivity index (χ1) is 7.79. The van der Waals surface area contributed by atoms with Gasteiger partial charge >= 0.3 is 0 Å². The average Bonchev–Trinajstić information content (AvgIpc) is 2.21. The molecule has 0 atom stereocenters. The summed E-state index contributed by atoms with van der Waals surface area (Å²) in [6.45, 7) is 0. The van der Waals surface area contributed by atoms with Crippen LogP contribution in [0.4, 0.5) is 0 Å². The zero-order chi connectivity index (χ0) is 11.6. The molecule has 2 N–H and O–H groups in total. The van der Waals surface area contributed by atoms with Crippen molar-refractivity contribution >= 4 is 5.91 Å². The monoisotopic (exact) mass is 223 g/mol. The summed E-state index contributed by atoms with van der Waals surface area (Å²) in [5, 5.41) is 0. The molecule has 0 fully saturated rings. The van der Waals surface area contributed by atoms with Crippen LogP contribution in [0.3, 0.4) is 0 Å². The lowest BCUT2D eigenvalue weighted by molar-refractivity contribution is -0.117. The van der Waals surface area contributed by atoms with Crippen LogP contribution in [-0.4, -0.2) is 5.91 Å². The Morgan fingerprint density at radius 2 is 1.56 bits per heavy atom. The standard InChI is InChI=1S/C14H25NO/c15-14(16)12-13-10-8-6-4-2-1-3-5-7-9-11-13/h10H,1-9,11-12H2,(H2,15,16)/b13-10+. The van der Waals surface area contributed by atoms with Crippen molar-refractivity contribution < 1.29 is 4.79 Å². The zero-order valence-corrected chi connectivity index (χ0v) is 10.3. The van der Waals surface area contributed by atoms with Crippen molar-refractivity contribution in [1.29, 1.82) is 0 Å². The highest BCUT2D eigenvalue weighted by molar-refractivity contribution is 5.76. The summed E-state index contributed by atoms with van der Waals surface area (Å²) >= 11 is 0. The van der Waals surface area contributed by atoms with Crippen LogP contribution in [0, 0.1) is 0 Å². The van der Waals surface area contributed by atoms with Crippen LogP contribution in [0.25, 0.3) is 0 Å². The number of amides is 1. The van der Waals surface area contributed by atoms with Crippen molar-refractivity contribution in [3.05, 3.63) is 11.6 Å². The summed E-state index contributed by atoms with van der Waals surface area (Å²) in [7, 11) is 0. The van der Waals surface area contributed by atoms with Gasteiger partial charge in [-0.15, -0.1) is 0 Å². The molecule has 0 saturated carbocycles. The first kappa shape index (κ1) is 13.3. The van der Waals surface area contributed by atoms with Gasteiger partial charge in [0.2, 0.25) is 5.91 Å². The van der Waals surface area contributed by atoms with Crippen LogP contribution in [0.15, 0.2) is 11.6 Å². The maximum Gasteiger partial charge on any atom is 0.221 e. The minimum absolute atomic E-state index is 0.182. The first-order valence-electron chi connectivity index (χ1n) is 6.75. The van der Waals surface area contributed by atoms with E-state index in [0.717, 1.165) is 12.8 Å². The van der Waals surface area contributed by atoms with E-state index in [4.69, 9.17) is 5.73 Å². The summed E-state index contributed by atoms with van der Waals surface area (Å²) in [6, 6.07) is 0. The summed E-state index contributed by atoms with van der Waals surface area (Å²) in [5.74, 6) is -0.182. The van der Waals surface area contributed by atoms with E-state index in [1.807, 2.05) is 0 Å². The molecule has 0 aromatic heterocycles. The number of primary amides is 1. The number of nitrogens with two attached hydrogens (primary N) is 1. The van der Waals surface area contributed by atoms with Crippen molar-refractivity contribution in [3.8, 4) is 0 Å². The van der Waals surface area contributed by atoms with Crippen LogP contribution < -0.4 is 5.73 Å². The summed E-state index contributed by atoms with van der Waals surface area (Å²) in [5.41, 5.74) is 6.53. The molecule has 1 aliphatic rings. The fourth-order valence-electron chi connectivity index (χ4n) is 2.35.